The van der Waals surface area contributed by atoms with Crippen molar-refractivity contribution in [2.24, 2.45) is 7.05 Å². The third-order valence-corrected chi connectivity index (χ3v) is 5.94. The molecule has 0 aliphatic heterocycles. The summed E-state index contributed by atoms with van der Waals surface area (Å²) in [5.74, 6) is -0.332. The van der Waals surface area contributed by atoms with Crippen LogP contribution in [0.15, 0.2) is 29.3 Å². The summed E-state index contributed by atoms with van der Waals surface area (Å²) in [7, 11) is -2.19. The summed E-state index contributed by atoms with van der Waals surface area (Å²) in [5, 5.41) is 4.81. The van der Waals surface area contributed by atoms with Gasteiger partial charge in [0, 0.05) is 30.7 Å². The van der Waals surface area contributed by atoms with Crippen LogP contribution in [0.2, 0.25) is 5.15 Å². The maximum Gasteiger partial charge on any atom is 0.245 e. The Balaban J connectivity index is 1.76. The molecule has 0 saturated heterocycles. The normalized spacial score (nSPS) is 12.2. The largest absolute Gasteiger partial charge is 0.361 e. The van der Waals surface area contributed by atoms with Gasteiger partial charge in [-0.2, -0.15) is 5.10 Å². The lowest BCUT2D eigenvalue weighted by Crippen LogP contribution is -2.26. The Morgan fingerprint density at radius 3 is 2.83 bits per heavy atom. The fourth-order valence-corrected chi connectivity index (χ4v) is 4.44. The van der Waals surface area contributed by atoms with Crippen LogP contribution in [0, 0.1) is 12.7 Å². The van der Waals surface area contributed by atoms with Crippen LogP contribution in [0.3, 0.4) is 0 Å². The first-order valence-corrected chi connectivity index (χ1v) is 9.10. The Morgan fingerprint density at radius 2 is 2.17 bits per heavy atom. The molecule has 0 atom stereocenters. The third-order valence-electron chi connectivity index (χ3n) is 3.78. The van der Waals surface area contributed by atoms with E-state index in [-0.39, 0.29) is 22.4 Å². The Morgan fingerprint density at radius 1 is 1.42 bits per heavy atom. The predicted octanol–water partition coefficient (Wildman–Crippen LogP) is 2.52. The first kappa shape index (κ1) is 16.9. The van der Waals surface area contributed by atoms with Crippen LogP contribution in [0.25, 0.3) is 10.9 Å². The molecular formula is C15H16ClFN4O2S. The molecule has 24 heavy (non-hydrogen) atoms. The number of hydrogen-bond acceptors (Lipinski definition) is 3. The molecule has 0 aliphatic rings. The van der Waals surface area contributed by atoms with E-state index in [0.29, 0.717) is 12.1 Å². The third kappa shape index (κ3) is 3.04. The van der Waals surface area contributed by atoms with Gasteiger partial charge in [-0.1, -0.05) is 11.6 Å². The lowest BCUT2D eigenvalue weighted by Gasteiger charge is -2.06. The number of hydrogen-bond donors (Lipinski definition) is 2. The Labute approximate surface area is 143 Å². The molecule has 1 aromatic carbocycles. The van der Waals surface area contributed by atoms with E-state index < -0.39 is 10.0 Å². The number of nitrogens with zero attached hydrogens (tertiary/aromatic N) is 2. The number of fused-ring (bicyclic) bond motifs is 1. The zero-order valence-electron chi connectivity index (χ0n) is 13.1. The summed E-state index contributed by atoms with van der Waals surface area (Å²) in [6.07, 6.45) is 2.17. The zero-order chi connectivity index (χ0) is 17.5. The molecule has 0 aliphatic carbocycles. The molecule has 9 heteroatoms. The maximum atomic E-state index is 13.4. The van der Waals surface area contributed by atoms with E-state index >= 15 is 0 Å². The minimum absolute atomic E-state index is 0.0170. The van der Waals surface area contributed by atoms with Gasteiger partial charge in [0.05, 0.1) is 5.69 Å². The molecule has 0 saturated carbocycles. The van der Waals surface area contributed by atoms with E-state index in [4.69, 9.17) is 11.6 Å². The molecule has 2 aromatic heterocycles. The molecule has 6 nitrogen and oxygen atoms in total. The smallest absolute Gasteiger partial charge is 0.245 e. The monoisotopic (exact) mass is 370 g/mol. The summed E-state index contributed by atoms with van der Waals surface area (Å²) < 4.78 is 42.0. The molecule has 0 fully saturated rings. The lowest BCUT2D eigenvalue weighted by molar-refractivity contribution is 0.581. The van der Waals surface area contributed by atoms with Gasteiger partial charge >= 0.3 is 0 Å². The molecule has 0 spiro atoms. The summed E-state index contributed by atoms with van der Waals surface area (Å²) in [6, 6.07) is 4.45. The molecule has 2 heterocycles. The fraction of sp³-hybridized carbons (Fsp3) is 0.267. The average Bonchev–Trinajstić information content (AvgIpc) is 3.00. The van der Waals surface area contributed by atoms with Crippen LogP contribution in [0.4, 0.5) is 4.39 Å². The highest BCUT2D eigenvalue weighted by atomic mass is 35.5. The number of aromatic amines is 1. The standard InChI is InChI=1S/C15H16ClFN4O2S/c1-9-14(15(16)21(2)20-9)24(22,23)19-6-5-10-8-18-13-4-3-11(17)7-12(10)13/h3-4,7-8,18-19H,5-6H2,1-2H3. The summed E-state index contributed by atoms with van der Waals surface area (Å²) in [6.45, 7) is 1.75. The van der Waals surface area contributed by atoms with Gasteiger partial charge in [0.15, 0.2) is 0 Å². The van der Waals surface area contributed by atoms with E-state index in [1.165, 1.54) is 16.8 Å². The van der Waals surface area contributed by atoms with Gasteiger partial charge in [0.1, 0.15) is 15.9 Å². The molecule has 0 bridgehead atoms. The number of nitrogens with one attached hydrogen (secondary N) is 2. The molecule has 0 unspecified atom stereocenters. The van der Waals surface area contributed by atoms with Crippen LogP contribution in [0.5, 0.6) is 0 Å². The Bertz CT molecular complexity index is 1010. The zero-order valence-corrected chi connectivity index (χ0v) is 14.7. The first-order valence-electron chi connectivity index (χ1n) is 7.24. The van der Waals surface area contributed by atoms with E-state index in [9.17, 15) is 12.8 Å². The van der Waals surface area contributed by atoms with Crippen molar-refractivity contribution in [1.29, 1.82) is 0 Å². The maximum absolute atomic E-state index is 13.4. The van der Waals surface area contributed by atoms with Crippen molar-refractivity contribution in [1.82, 2.24) is 19.5 Å². The van der Waals surface area contributed by atoms with Gasteiger partial charge in [-0.05, 0) is 37.1 Å². The first-order chi connectivity index (χ1) is 11.3. The number of aromatic nitrogens is 3. The van der Waals surface area contributed by atoms with Crippen molar-refractivity contribution >= 4 is 32.5 Å². The van der Waals surface area contributed by atoms with Gasteiger partial charge in [0.25, 0.3) is 0 Å². The van der Waals surface area contributed by atoms with E-state index in [1.54, 1.807) is 26.2 Å². The molecule has 128 valence electrons. The number of rotatable bonds is 5. The van der Waals surface area contributed by atoms with Crippen molar-refractivity contribution < 1.29 is 12.8 Å². The number of sulfonamides is 1. The Kier molecular flexibility index (Phi) is 4.37. The molecular weight excluding hydrogens is 355 g/mol. The number of benzene rings is 1. The molecule has 3 rings (SSSR count). The number of H-pyrrole nitrogens is 1. The van der Waals surface area contributed by atoms with Gasteiger partial charge in [0.2, 0.25) is 10.0 Å². The minimum atomic E-state index is -3.77. The highest BCUT2D eigenvalue weighted by Gasteiger charge is 2.24. The topological polar surface area (TPSA) is 79.8 Å². The molecule has 0 amide bonds. The van der Waals surface area contributed by atoms with E-state index in [2.05, 4.69) is 14.8 Å². The molecule has 2 N–H and O–H groups in total. The van der Waals surface area contributed by atoms with Crippen LogP contribution in [0.1, 0.15) is 11.3 Å². The second kappa shape index (κ2) is 6.19. The number of aryl methyl sites for hydroxylation is 2. The Hall–Kier alpha value is -1.90. The second-order valence-electron chi connectivity index (χ2n) is 5.48. The molecule has 3 aromatic rings. The second-order valence-corrected chi connectivity index (χ2v) is 7.54. The van der Waals surface area contributed by atoms with Crippen LogP contribution in [-0.4, -0.2) is 29.7 Å². The van der Waals surface area contributed by atoms with E-state index in [0.717, 1.165) is 16.5 Å². The van der Waals surface area contributed by atoms with Crippen LogP contribution < -0.4 is 4.72 Å². The van der Waals surface area contributed by atoms with Crippen molar-refractivity contribution in [3.63, 3.8) is 0 Å². The molecule has 0 radical (unpaired) electrons. The average molecular weight is 371 g/mol. The van der Waals surface area contributed by atoms with Gasteiger partial charge < -0.3 is 4.98 Å². The fourth-order valence-electron chi connectivity index (χ4n) is 2.67. The minimum Gasteiger partial charge on any atom is -0.361 e. The van der Waals surface area contributed by atoms with Crippen molar-refractivity contribution in [3.05, 3.63) is 46.6 Å². The van der Waals surface area contributed by atoms with Crippen LogP contribution >= 0.6 is 11.6 Å². The summed E-state index contributed by atoms with van der Waals surface area (Å²) in [4.78, 5) is 3.02. The SMILES string of the molecule is Cc1nn(C)c(Cl)c1S(=O)(=O)NCCc1c[nH]c2ccc(F)cc12. The van der Waals surface area contributed by atoms with Gasteiger partial charge in [-0.15, -0.1) is 0 Å². The van der Waals surface area contributed by atoms with Crippen LogP contribution in [-0.2, 0) is 23.5 Å². The lowest BCUT2D eigenvalue weighted by atomic mass is 10.1. The van der Waals surface area contributed by atoms with E-state index in [1.807, 2.05) is 0 Å². The highest BCUT2D eigenvalue weighted by Crippen LogP contribution is 2.24. The highest BCUT2D eigenvalue weighted by molar-refractivity contribution is 7.89. The summed E-state index contributed by atoms with van der Waals surface area (Å²) >= 11 is 6.01. The van der Waals surface area contributed by atoms with Crippen molar-refractivity contribution in [2.45, 2.75) is 18.2 Å². The predicted molar refractivity (Wildman–Crippen MR) is 90.1 cm³/mol. The van der Waals surface area contributed by atoms with Gasteiger partial charge in [-0.25, -0.2) is 17.5 Å². The number of halogens is 2. The van der Waals surface area contributed by atoms with Gasteiger partial charge in [-0.3, -0.25) is 4.68 Å². The van der Waals surface area contributed by atoms with Crippen molar-refractivity contribution in [2.75, 3.05) is 6.54 Å². The van der Waals surface area contributed by atoms with Crippen molar-refractivity contribution in [3.8, 4) is 0 Å². The quantitative estimate of drug-likeness (QED) is 0.724. The summed E-state index contributed by atoms with van der Waals surface area (Å²) in [5.41, 5.74) is 1.98.